The van der Waals surface area contributed by atoms with Crippen LogP contribution >= 0.6 is 11.6 Å². The normalized spacial score (nSPS) is 14.1. The Morgan fingerprint density at radius 3 is 2.47 bits per heavy atom. The second kappa shape index (κ2) is 6.72. The second-order valence-electron chi connectivity index (χ2n) is 5.05. The van der Waals surface area contributed by atoms with E-state index in [1.807, 2.05) is 24.5 Å². The quantitative estimate of drug-likeness (QED) is 0.718. The third-order valence-corrected chi connectivity index (χ3v) is 4.32. The van der Waals surface area contributed by atoms with Gasteiger partial charge in [-0.2, -0.15) is 0 Å². The topological polar surface area (TPSA) is 12.9 Å². The van der Waals surface area contributed by atoms with Crippen LogP contribution < -0.4 is 0 Å². The molecule has 0 radical (unpaired) electrons. The second-order valence-corrected chi connectivity index (χ2v) is 5.61. The van der Waals surface area contributed by atoms with Crippen LogP contribution in [0, 0.1) is 6.92 Å². The van der Waals surface area contributed by atoms with E-state index in [4.69, 9.17) is 11.6 Å². The molecule has 2 aromatic rings. The summed E-state index contributed by atoms with van der Waals surface area (Å²) >= 11 is 6.55. The van der Waals surface area contributed by atoms with Gasteiger partial charge < -0.3 is 0 Å². The molecule has 0 fully saturated rings. The standard InChI is InChI=1S/C17H20ClN/c1-13-5-3-4-6-15(13)7-8-17(18)14(2)16-9-11-19-12-10-16/h3-6,9-12,14,17H,7-8H2,1-2H3. The number of hydrogen-bond donors (Lipinski definition) is 0. The first kappa shape index (κ1) is 14.1. The van der Waals surface area contributed by atoms with Gasteiger partial charge in [-0.25, -0.2) is 0 Å². The minimum Gasteiger partial charge on any atom is -0.265 e. The fourth-order valence-corrected chi connectivity index (χ4v) is 2.56. The Bertz CT molecular complexity index is 510. The Balaban J connectivity index is 1.95. The van der Waals surface area contributed by atoms with Crippen molar-refractivity contribution in [3.63, 3.8) is 0 Å². The van der Waals surface area contributed by atoms with Gasteiger partial charge in [-0.1, -0.05) is 31.2 Å². The van der Waals surface area contributed by atoms with E-state index in [9.17, 15) is 0 Å². The Morgan fingerprint density at radius 2 is 1.79 bits per heavy atom. The van der Waals surface area contributed by atoms with Crippen molar-refractivity contribution in [3.8, 4) is 0 Å². The van der Waals surface area contributed by atoms with Crippen LogP contribution in [0.5, 0.6) is 0 Å². The van der Waals surface area contributed by atoms with Gasteiger partial charge in [0.15, 0.2) is 0 Å². The van der Waals surface area contributed by atoms with E-state index >= 15 is 0 Å². The minimum absolute atomic E-state index is 0.155. The lowest BCUT2D eigenvalue weighted by molar-refractivity contribution is 0.641. The van der Waals surface area contributed by atoms with Crippen molar-refractivity contribution in [2.45, 2.75) is 38.0 Å². The van der Waals surface area contributed by atoms with Crippen molar-refractivity contribution in [1.29, 1.82) is 0 Å². The number of aromatic nitrogens is 1. The number of aryl methyl sites for hydroxylation is 2. The van der Waals surface area contributed by atoms with Gasteiger partial charge in [-0.3, -0.25) is 4.98 Å². The van der Waals surface area contributed by atoms with Gasteiger partial charge in [0.2, 0.25) is 0 Å². The average molecular weight is 274 g/mol. The van der Waals surface area contributed by atoms with Gasteiger partial charge in [0.1, 0.15) is 0 Å². The molecule has 2 atom stereocenters. The van der Waals surface area contributed by atoms with Crippen LogP contribution in [0.2, 0.25) is 0 Å². The lowest BCUT2D eigenvalue weighted by atomic mass is 9.93. The third kappa shape index (κ3) is 3.81. The summed E-state index contributed by atoms with van der Waals surface area (Å²) in [5.41, 5.74) is 4.01. The van der Waals surface area contributed by atoms with Gasteiger partial charge >= 0.3 is 0 Å². The maximum absolute atomic E-state index is 6.55. The van der Waals surface area contributed by atoms with Crippen molar-refractivity contribution in [2.24, 2.45) is 0 Å². The fourth-order valence-electron chi connectivity index (χ4n) is 2.31. The largest absolute Gasteiger partial charge is 0.265 e. The number of hydrogen-bond acceptors (Lipinski definition) is 1. The van der Waals surface area contributed by atoms with Gasteiger partial charge in [0, 0.05) is 17.8 Å². The molecule has 0 N–H and O–H groups in total. The summed E-state index contributed by atoms with van der Waals surface area (Å²) in [6.45, 7) is 4.34. The van der Waals surface area contributed by atoms with Crippen LogP contribution in [0.1, 0.15) is 36.0 Å². The predicted octanol–water partition coefficient (Wildman–Crippen LogP) is 4.73. The summed E-state index contributed by atoms with van der Waals surface area (Å²) in [5, 5.41) is 0.155. The molecule has 0 amide bonds. The van der Waals surface area contributed by atoms with E-state index < -0.39 is 0 Å². The van der Waals surface area contributed by atoms with Crippen molar-refractivity contribution in [2.75, 3.05) is 0 Å². The minimum atomic E-state index is 0.155. The number of benzene rings is 1. The molecule has 19 heavy (non-hydrogen) atoms. The van der Waals surface area contributed by atoms with E-state index in [0.29, 0.717) is 5.92 Å². The number of halogens is 1. The molecule has 1 aromatic carbocycles. The molecule has 0 aliphatic carbocycles. The molecule has 2 unspecified atom stereocenters. The van der Waals surface area contributed by atoms with E-state index in [2.05, 4.69) is 43.1 Å². The van der Waals surface area contributed by atoms with Crippen LogP contribution in [0.4, 0.5) is 0 Å². The van der Waals surface area contributed by atoms with Crippen molar-refractivity contribution in [1.82, 2.24) is 4.98 Å². The van der Waals surface area contributed by atoms with Gasteiger partial charge in [0.25, 0.3) is 0 Å². The molecule has 1 aromatic heterocycles. The third-order valence-electron chi connectivity index (χ3n) is 3.73. The summed E-state index contributed by atoms with van der Waals surface area (Å²) in [7, 11) is 0. The van der Waals surface area contributed by atoms with Crippen LogP contribution in [-0.2, 0) is 6.42 Å². The average Bonchev–Trinajstić information content (AvgIpc) is 2.46. The highest BCUT2D eigenvalue weighted by molar-refractivity contribution is 6.21. The molecule has 2 rings (SSSR count). The smallest absolute Gasteiger partial charge is 0.0405 e. The summed E-state index contributed by atoms with van der Waals surface area (Å²) in [6.07, 6.45) is 5.69. The SMILES string of the molecule is Cc1ccccc1CCC(Cl)C(C)c1ccncc1. The summed E-state index contributed by atoms with van der Waals surface area (Å²) in [6, 6.07) is 12.6. The van der Waals surface area contributed by atoms with Crippen LogP contribution in [0.3, 0.4) is 0 Å². The first-order valence-corrected chi connectivity index (χ1v) is 7.20. The molecule has 0 aliphatic rings. The first-order chi connectivity index (χ1) is 9.18. The van der Waals surface area contributed by atoms with Gasteiger partial charge in [-0.05, 0) is 54.5 Å². The molecular weight excluding hydrogens is 254 g/mol. The van der Waals surface area contributed by atoms with E-state index in [0.717, 1.165) is 12.8 Å². The Morgan fingerprint density at radius 1 is 1.11 bits per heavy atom. The zero-order valence-corrected chi connectivity index (χ0v) is 12.3. The summed E-state index contributed by atoms with van der Waals surface area (Å²) < 4.78 is 0. The maximum Gasteiger partial charge on any atom is 0.0405 e. The zero-order valence-electron chi connectivity index (χ0n) is 11.5. The van der Waals surface area contributed by atoms with Crippen LogP contribution in [-0.4, -0.2) is 10.4 Å². The predicted molar refractivity (Wildman–Crippen MR) is 81.8 cm³/mol. The molecule has 0 bridgehead atoms. The Labute approximate surface area is 120 Å². The zero-order chi connectivity index (χ0) is 13.7. The maximum atomic E-state index is 6.55. The highest BCUT2D eigenvalue weighted by Gasteiger charge is 2.16. The lowest BCUT2D eigenvalue weighted by Gasteiger charge is -2.18. The molecule has 0 spiro atoms. The Kier molecular flexibility index (Phi) is 4.98. The monoisotopic (exact) mass is 273 g/mol. The fraction of sp³-hybridized carbons (Fsp3) is 0.353. The molecule has 0 saturated heterocycles. The highest BCUT2D eigenvalue weighted by Crippen LogP contribution is 2.26. The highest BCUT2D eigenvalue weighted by atomic mass is 35.5. The molecule has 0 saturated carbocycles. The van der Waals surface area contributed by atoms with E-state index in [1.54, 1.807) is 0 Å². The molecule has 1 heterocycles. The van der Waals surface area contributed by atoms with Crippen molar-refractivity contribution < 1.29 is 0 Å². The first-order valence-electron chi connectivity index (χ1n) is 6.77. The van der Waals surface area contributed by atoms with E-state index in [1.165, 1.54) is 16.7 Å². The van der Waals surface area contributed by atoms with E-state index in [-0.39, 0.29) is 5.38 Å². The van der Waals surface area contributed by atoms with Crippen LogP contribution in [0.25, 0.3) is 0 Å². The summed E-state index contributed by atoms with van der Waals surface area (Å²) in [4.78, 5) is 4.05. The number of rotatable bonds is 5. The van der Waals surface area contributed by atoms with Crippen molar-refractivity contribution >= 4 is 11.6 Å². The number of alkyl halides is 1. The van der Waals surface area contributed by atoms with Gasteiger partial charge in [0.05, 0.1) is 0 Å². The summed E-state index contributed by atoms with van der Waals surface area (Å²) in [5.74, 6) is 0.355. The molecule has 100 valence electrons. The Hall–Kier alpha value is -1.34. The number of nitrogens with zero attached hydrogens (tertiary/aromatic N) is 1. The molecular formula is C17H20ClN. The van der Waals surface area contributed by atoms with Crippen LogP contribution in [0.15, 0.2) is 48.8 Å². The number of pyridine rings is 1. The molecule has 0 aliphatic heterocycles. The molecule has 1 nitrogen and oxygen atoms in total. The van der Waals surface area contributed by atoms with Gasteiger partial charge in [-0.15, -0.1) is 11.6 Å². The molecule has 2 heteroatoms. The van der Waals surface area contributed by atoms with Crippen molar-refractivity contribution in [3.05, 3.63) is 65.5 Å². The lowest BCUT2D eigenvalue weighted by Crippen LogP contribution is -2.11.